The summed E-state index contributed by atoms with van der Waals surface area (Å²) in [5, 5.41) is 3.51. The number of rotatable bonds is 2. The molecule has 0 spiro atoms. The highest BCUT2D eigenvalue weighted by Gasteiger charge is 2.20. The number of aromatic nitrogens is 3. The number of nitrogens with one attached hydrogen (secondary N) is 1. The first-order valence-corrected chi connectivity index (χ1v) is 6.03. The highest BCUT2D eigenvalue weighted by molar-refractivity contribution is 5.39. The first kappa shape index (κ1) is 10.5. The second kappa shape index (κ2) is 4.30. The zero-order valence-corrected chi connectivity index (χ0v) is 9.93. The summed E-state index contributed by atoms with van der Waals surface area (Å²) in [5.74, 6) is 0. The summed E-state index contributed by atoms with van der Waals surface area (Å²) < 4.78 is 2.14. The van der Waals surface area contributed by atoms with Crippen molar-refractivity contribution in [3.63, 3.8) is 0 Å². The lowest BCUT2D eigenvalue weighted by atomic mass is 10.1. The van der Waals surface area contributed by atoms with Crippen LogP contribution >= 0.6 is 0 Å². The van der Waals surface area contributed by atoms with Gasteiger partial charge in [-0.1, -0.05) is 0 Å². The van der Waals surface area contributed by atoms with Gasteiger partial charge >= 0.3 is 0 Å². The summed E-state index contributed by atoms with van der Waals surface area (Å²) in [7, 11) is 0. The number of aryl methyl sites for hydroxylation is 1. The molecule has 1 N–H and O–H groups in total. The quantitative estimate of drug-likeness (QED) is 0.855. The van der Waals surface area contributed by atoms with Crippen LogP contribution in [0.1, 0.15) is 30.1 Å². The van der Waals surface area contributed by atoms with E-state index in [0.29, 0.717) is 6.04 Å². The van der Waals surface area contributed by atoms with E-state index in [4.69, 9.17) is 0 Å². The Bertz CT molecular complexity index is 512. The van der Waals surface area contributed by atoms with Crippen LogP contribution in [0.2, 0.25) is 0 Å². The Morgan fingerprint density at radius 3 is 3.06 bits per heavy atom. The predicted molar refractivity (Wildman–Crippen MR) is 66.1 cm³/mol. The van der Waals surface area contributed by atoms with Crippen LogP contribution in [0.15, 0.2) is 31.0 Å². The minimum absolute atomic E-state index is 0.428. The molecule has 2 aromatic heterocycles. The lowest BCUT2D eigenvalue weighted by Gasteiger charge is -2.15. The average molecular weight is 228 g/mol. The molecule has 3 rings (SSSR count). The highest BCUT2D eigenvalue weighted by Crippen LogP contribution is 2.25. The third-order valence-corrected chi connectivity index (χ3v) is 3.36. The van der Waals surface area contributed by atoms with E-state index in [1.807, 2.05) is 31.0 Å². The van der Waals surface area contributed by atoms with Crippen LogP contribution in [0.4, 0.5) is 0 Å². The maximum atomic E-state index is 4.28. The second-order valence-corrected chi connectivity index (χ2v) is 4.50. The Balaban J connectivity index is 2.04. The number of nitrogens with zero attached hydrogens (tertiary/aromatic N) is 3. The first-order valence-electron chi connectivity index (χ1n) is 6.03. The first-order chi connectivity index (χ1) is 8.36. The summed E-state index contributed by atoms with van der Waals surface area (Å²) in [5.41, 5.74) is 3.57. The molecule has 0 bridgehead atoms. The van der Waals surface area contributed by atoms with Crippen LogP contribution in [0, 0.1) is 6.92 Å². The van der Waals surface area contributed by atoms with Crippen molar-refractivity contribution in [1.29, 1.82) is 0 Å². The molecule has 4 heteroatoms. The molecule has 3 heterocycles. The summed E-state index contributed by atoms with van der Waals surface area (Å²) in [4.78, 5) is 8.48. The van der Waals surface area contributed by atoms with Gasteiger partial charge in [-0.15, -0.1) is 0 Å². The lowest BCUT2D eigenvalue weighted by Crippen LogP contribution is -2.16. The van der Waals surface area contributed by atoms with Crippen molar-refractivity contribution >= 4 is 0 Å². The van der Waals surface area contributed by atoms with Crippen molar-refractivity contribution in [3.05, 3.63) is 42.2 Å². The molecule has 2 aromatic rings. The van der Waals surface area contributed by atoms with Crippen LogP contribution < -0.4 is 5.32 Å². The minimum atomic E-state index is 0.428. The fourth-order valence-corrected chi connectivity index (χ4v) is 2.41. The van der Waals surface area contributed by atoms with E-state index < -0.39 is 0 Å². The molecule has 1 aliphatic heterocycles. The maximum absolute atomic E-state index is 4.28. The molecule has 0 amide bonds. The minimum Gasteiger partial charge on any atom is -0.309 e. The average Bonchev–Trinajstić information content (AvgIpc) is 3.00. The van der Waals surface area contributed by atoms with Crippen LogP contribution in [-0.4, -0.2) is 21.1 Å². The van der Waals surface area contributed by atoms with Crippen LogP contribution in [0.3, 0.4) is 0 Å². The third kappa shape index (κ3) is 1.85. The summed E-state index contributed by atoms with van der Waals surface area (Å²) in [6.45, 7) is 3.20. The zero-order valence-electron chi connectivity index (χ0n) is 9.93. The highest BCUT2D eigenvalue weighted by atomic mass is 15.1. The normalized spacial score (nSPS) is 19.7. The van der Waals surface area contributed by atoms with Gasteiger partial charge in [-0.25, -0.2) is 4.98 Å². The smallest absolute Gasteiger partial charge is 0.0995 e. The molecule has 1 saturated heterocycles. The van der Waals surface area contributed by atoms with E-state index in [2.05, 4.69) is 26.8 Å². The Morgan fingerprint density at radius 1 is 1.35 bits per heavy atom. The fraction of sp³-hybridized carbons (Fsp3) is 0.385. The molecule has 17 heavy (non-hydrogen) atoms. The van der Waals surface area contributed by atoms with Gasteiger partial charge in [0, 0.05) is 12.2 Å². The van der Waals surface area contributed by atoms with Crippen molar-refractivity contribution in [2.45, 2.75) is 25.8 Å². The SMILES string of the molecule is Cc1ccncc1-n1cncc1[C@@H]1CCCN1. The van der Waals surface area contributed by atoms with Crippen molar-refractivity contribution in [2.24, 2.45) is 0 Å². The molecule has 0 aliphatic carbocycles. The number of pyridine rings is 1. The van der Waals surface area contributed by atoms with E-state index in [1.54, 1.807) is 0 Å². The van der Waals surface area contributed by atoms with Gasteiger partial charge in [0.15, 0.2) is 0 Å². The van der Waals surface area contributed by atoms with E-state index in [1.165, 1.54) is 24.1 Å². The van der Waals surface area contributed by atoms with Gasteiger partial charge in [-0.3, -0.25) is 9.55 Å². The summed E-state index contributed by atoms with van der Waals surface area (Å²) in [6.07, 6.45) is 9.97. The molecular formula is C13H16N4. The van der Waals surface area contributed by atoms with Crippen LogP contribution in [-0.2, 0) is 0 Å². The number of hydrogen-bond acceptors (Lipinski definition) is 3. The van der Waals surface area contributed by atoms with Gasteiger partial charge < -0.3 is 5.32 Å². The topological polar surface area (TPSA) is 42.7 Å². The van der Waals surface area contributed by atoms with Crippen molar-refractivity contribution in [3.8, 4) is 5.69 Å². The van der Waals surface area contributed by atoms with Gasteiger partial charge in [0.05, 0.1) is 30.1 Å². The Labute approximate surface area is 101 Å². The Morgan fingerprint density at radius 2 is 2.29 bits per heavy atom. The van der Waals surface area contributed by atoms with Crippen LogP contribution in [0.5, 0.6) is 0 Å². The number of hydrogen-bond donors (Lipinski definition) is 1. The van der Waals surface area contributed by atoms with E-state index >= 15 is 0 Å². The Hall–Kier alpha value is -1.68. The lowest BCUT2D eigenvalue weighted by molar-refractivity contribution is 0.614. The van der Waals surface area contributed by atoms with Crippen molar-refractivity contribution in [2.75, 3.05) is 6.54 Å². The molecule has 0 unspecified atom stereocenters. The molecule has 1 fully saturated rings. The molecule has 4 nitrogen and oxygen atoms in total. The van der Waals surface area contributed by atoms with Gasteiger partial charge in [-0.2, -0.15) is 0 Å². The van der Waals surface area contributed by atoms with Gasteiger partial charge in [0.1, 0.15) is 0 Å². The van der Waals surface area contributed by atoms with E-state index in [0.717, 1.165) is 12.2 Å². The predicted octanol–water partition coefficient (Wildman–Crippen LogP) is 2.00. The molecule has 0 saturated carbocycles. The molecular weight excluding hydrogens is 212 g/mol. The van der Waals surface area contributed by atoms with Gasteiger partial charge in [0.2, 0.25) is 0 Å². The summed E-state index contributed by atoms with van der Waals surface area (Å²) in [6, 6.07) is 2.46. The number of imidazole rings is 1. The largest absolute Gasteiger partial charge is 0.309 e. The fourth-order valence-electron chi connectivity index (χ4n) is 2.41. The van der Waals surface area contributed by atoms with Gasteiger partial charge in [-0.05, 0) is 37.9 Å². The zero-order chi connectivity index (χ0) is 11.7. The standard InChI is InChI=1S/C13H16N4/c1-10-4-6-14-7-12(10)17-9-15-8-13(17)11-3-2-5-16-11/h4,6-9,11,16H,2-3,5H2,1H3/t11-/m0/s1. The van der Waals surface area contributed by atoms with E-state index in [9.17, 15) is 0 Å². The molecule has 0 radical (unpaired) electrons. The van der Waals surface area contributed by atoms with Crippen molar-refractivity contribution < 1.29 is 0 Å². The van der Waals surface area contributed by atoms with Gasteiger partial charge in [0.25, 0.3) is 0 Å². The maximum Gasteiger partial charge on any atom is 0.0995 e. The Kier molecular flexibility index (Phi) is 2.65. The monoisotopic (exact) mass is 228 g/mol. The van der Waals surface area contributed by atoms with Crippen LogP contribution in [0.25, 0.3) is 5.69 Å². The third-order valence-electron chi connectivity index (χ3n) is 3.36. The molecule has 1 aliphatic rings. The van der Waals surface area contributed by atoms with Crippen molar-refractivity contribution in [1.82, 2.24) is 19.9 Å². The molecule has 0 aromatic carbocycles. The summed E-state index contributed by atoms with van der Waals surface area (Å²) >= 11 is 0. The molecule has 1 atom stereocenters. The molecule has 88 valence electrons. The van der Waals surface area contributed by atoms with E-state index in [-0.39, 0.29) is 0 Å². The second-order valence-electron chi connectivity index (χ2n) is 4.50.